The van der Waals surface area contributed by atoms with Gasteiger partial charge >= 0.3 is 5.97 Å². The molecule has 4 rings (SSSR count). The largest absolute Gasteiger partial charge is 0.464 e. The van der Waals surface area contributed by atoms with Gasteiger partial charge in [-0.2, -0.15) is 0 Å². The number of esters is 1. The highest BCUT2D eigenvalue weighted by Crippen LogP contribution is 2.26. The van der Waals surface area contributed by atoms with Gasteiger partial charge in [-0.3, -0.25) is 4.40 Å². The minimum absolute atomic E-state index is 0.389. The van der Waals surface area contributed by atoms with Crippen molar-refractivity contribution in [1.29, 1.82) is 0 Å². The molecule has 0 atom stereocenters. The monoisotopic (exact) mass is 353 g/mol. The van der Waals surface area contributed by atoms with Gasteiger partial charge in [0, 0.05) is 5.02 Å². The van der Waals surface area contributed by atoms with Crippen molar-refractivity contribution in [3.8, 4) is 0 Å². The fourth-order valence-corrected chi connectivity index (χ4v) is 3.30. The second-order valence-corrected chi connectivity index (χ2v) is 6.31. The van der Waals surface area contributed by atoms with Crippen LogP contribution in [0.3, 0.4) is 0 Å². The quantitative estimate of drug-likeness (QED) is 0.521. The Bertz CT molecular complexity index is 1090. The first-order valence-corrected chi connectivity index (χ1v) is 8.27. The van der Waals surface area contributed by atoms with E-state index in [1.807, 2.05) is 59.9 Å². The van der Waals surface area contributed by atoms with Crippen LogP contribution in [0.1, 0.15) is 21.7 Å². The summed E-state index contributed by atoms with van der Waals surface area (Å²) in [6.45, 7) is 2.45. The van der Waals surface area contributed by atoms with Gasteiger partial charge in [0.1, 0.15) is 0 Å². The number of carbonyl (C=O) groups excluding carboxylic acids is 1. The van der Waals surface area contributed by atoms with E-state index in [2.05, 4.69) is 9.55 Å². The standard InChI is InChI=1S/C19H16ClN3O2/c1-12-17(18(24)25-2)23-16-6-4-3-5-15(16)22(19(23)21-12)11-13-7-9-14(20)10-8-13/h3-10H,11H2,1-2H3. The average Bonchev–Trinajstić information content (AvgIpc) is 3.10. The van der Waals surface area contributed by atoms with Gasteiger partial charge in [0.2, 0.25) is 5.78 Å². The van der Waals surface area contributed by atoms with E-state index in [4.69, 9.17) is 16.3 Å². The van der Waals surface area contributed by atoms with Crippen molar-refractivity contribution in [1.82, 2.24) is 14.0 Å². The molecule has 0 saturated heterocycles. The highest BCUT2D eigenvalue weighted by molar-refractivity contribution is 6.30. The Morgan fingerprint density at radius 3 is 2.48 bits per heavy atom. The normalized spacial score (nSPS) is 11.3. The number of nitrogens with zero attached hydrogens (tertiary/aromatic N) is 3. The van der Waals surface area contributed by atoms with Crippen LogP contribution in [-0.2, 0) is 11.3 Å². The van der Waals surface area contributed by atoms with Crippen molar-refractivity contribution >= 4 is 34.4 Å². The topological polar surface area (TPSA) is 48.5 Å². The summed E-state index contributed by atoms with van der Waals surface area (Å²) in [5, 5.41) is 0.705. The Morgan fingerprint density at radius 2 is 1.80 bits per heavy atom. The lowest BCUT2D eigenvalue weighted by Crippen LogP contribution is -2.06. The maximum atomic E-state index is 12.3. The van der Waals surface area contributed by atoms with Crippen LogP contribution < -0.4 is 0 Å². The number of para-hydroxylation sites is 2. The molecule has 0 aliphatic carbocycles. The van der Waals surface area contributed by atoms with E-state index in [1.54, 1.807) is 0 Å². The molecule has 2 aromatic carbocycles. The Labute approximate surface area is 149 Å². The second kappa shape index (κ2) is 5.93. The molecule has 0 aliphatic rings. The summed E-state index contributed by atoms with van der Waals surface area (Å²) in [5.74, 6) is 0.327. The maximum absolute atomic E-state index is 12.3. The first kappa shape index (κ1) is 15.7. The summed E-state index contributed by atoms with van der Waals surface area (Å²) >= 11 is 5.98. The van der Waals surface area contributed by atoms with Crippen molar-refractivity contribution in [2.45, 2.75) is 13.5 Å². The van der Waals surface area contributed by atoms with Crippen molar-refractivity contribution in [2.75, 3.05) is 7.11 Å². The molecular weight excluding hydrogens is 338 g/mol. The van der Waals surface area contributed by atoms with Crippen LogP contribution in [0.4, 0.5) is 0 Å². The summed E-state index contributed by atoms with van der Waals surface area (Å²) in [6, 6.07) is 15.7. The van der Waals surface area contributed by atoms with Crippen molar-refractivity contribution in [3.05, 3.63) is 70.5 Å². The van der Waals surface area contributed by atoms with E-state index in [9.17, 15) is 4.79 Å². The Morgan fingerprint density at radius 1 is 1.12 bits per heavy atom. The molecule has 2 aromatic heterocycles. The first-order chi connectivity index (χ1) is 12.1. The molecule has 0 aliphatic heterocycles. The molecule has 0 radical (unpaired) electrons. The third kappa shape index (κ3) is 2.48. The fraction of sp³-hybridized carbons (Fsp3) is 0.158. The molecule has 126 valence electrons. The zero-order chi connectivity index (χ0) is 17.6. The fourth-order valence-electron chi connectivity index (χ4n) is 3.18. The van der Waals surface area contributed by atoms with Crippen LogP contribution in [0.15, 0.2) is 48.5 Å². The Hall–Kier alpha value is -2.79. The zero-order valence-corrected chi connectivity index (χ0v) is 14.6. The summed E-state index contributed by atoms with van der Waals surface area (Å²) < 4.78 is 8.91. The van der Waals surface area contributed by atoms with Gasteiger partial charge in [0.05, 0.1) is 30.4 Å². The second-order valence-electron chi connectivity index (χ2n) is 5.87. The van der Waals surface area contributed by atoms with Gasteiger partial charge in [-0.05, 0) is 36.8 Å². The van der Waals surface area contributed by atoms with Crippen LogP contribution in [0.5, 0.6) is 0 Å². The number of ether oxygens (including phenoxy) is 1. The number of methoxy groups -OCH3 is 1. The van der Waals surface area contributed by atoms with Gasteiger partial charge in [0.25, 0.3) is 0 Å². The predicted molar refractivity (Wildman–Crippen MR) is 97.3 cm³/mol. The lowest BCUT2D eigenvalue weighted by atomic mass is 10.2. The number of rotatable bonds is 3. The minimum Gasteiger partial charge on any atom is -0.464 e. The number of fused-ring (bicyclic) bond motifs is 3. The van der Waals surface area contributed by atoms with Crippen LogP contribution in [0.25, 0.3) is 16.8 Å². The number of aryl methyl sites for hydroxylation is 1. The van der Waals surface area contributed by atoms with Crippen LogP contribution in [0.2, 0.25) is 5.02 Å². The number of benzene rings is 2. The molecule has 0 bridgehead atoms. The van der Waals surface area contributed by atoms with E-state index in [0.717, 1.165) is 16.6 Å². The smallest absolute Gasteiger partial charge is 0.357 e. The van der Waals surface area contributed by atoms with Crippen molar-refractivity contribution in [2.24, 2.45) is 0 Å². The molecule has 0 N–H and O–H groups in total. The molecule has 0 fully saturated rings. The van der Waals surface area contributed by atoms with E-state index in [-0.39, 0.29) is 5.97 Å². The molecule has 4 aromatic rings. The van der Waals surface area contributed by atoms with E-state index in [1.165, 1.54) is 7.11 Å². The highest BCUT2D eigenvalue weighted by atomic mass is 35.5. The number of hydrogen-bond donors (Lipinski definition) is 0. The number of hydrogen-bond acceptors (Lipinski definition) is 3. The number of halogens is 1. The Kier molecular flexibility index (Phi) is 3.73. The third-order valence-corrected chi connectivity index (χ3v) is 4.57. The molecule has 25 heavy (non-hydrogen) atoms. The molecule has 0 saturated carbocycles. The molecule has 0 spiro atoms. The molecular formula is C19H16ClN3O2. The van der Waals surface area contributed by atoms with Gasteiger partial charge in [-0.1, -0.05) is 35.9 Å². The van der Waals surface area contributed by atoms with Gasteiger partial charge in [-0.25, -0.2) is 9.78 Å². The average molecular weight is 354 g/mol. The molecule has 2 heterocycles. The molecule has 0 unspecified atom stereocenters. The van der Waals surface area contributed by atoms with E-state index in [0.29, 0.717) is 28.7 Å². The molecule has 6 heteroatoms. The number of aromatic nitrogens is 3. The third-order valence-electron chi connectivity index (χ3n) is 4.32. The maximum Gasteiger partial charge on any atom is 0.357 e. The van der Waals surface area contributed by atoms with Gasteiger partial charge in [-0.15, -0.1) is 0 Å². The lowest BCUT2D eigenvalue weighted by molar-refractivity contribution is 0.0592. The summed E-state index contributed by atoms with van der Waals surface area (Å²) in [6.07, 6.45) is 0. The zero-order valence-electron chi connectivity index (χ0n) is 13.9. The van der Waals surface area contributed by atoms with Crippen LogP contribution in [0, 0.1) is 6.92 Å². The number of imidazole rings is 2. The van der Waals surface area contributed by atoms with Gasteiger partial charge in [0.15, 0.2) is 5.69 Å². The van der Waals surface area contributed by atoms with E-state index < -0.39 is 0 Å². The predicted octanol–water partition coefficient (Wildman–Crippen LogP) is 4.09. The summed E-state index contributed by atoms with van der Waals surface area (Å²) in [5.41, 5.74) is 4.14. The van der Waals surface area contributed by atoms with Crippen molar-refractivity contribution < 1.29 is 9.53 Å². The summed E-state index contributed by atoms with van der Waals surface area (Å²) in [4.78, 5) is 16.9. The highest BCUT2D eigenvalue weighted by Gasteiger charge is 2.23. The van der Waals surface area contributed by atoms with Crippen molar-refractivity contribution in [3.63, 3.8) is 0 Å². The lowest BCUT2D eigenvalue weighted by Gasteiger charge is -2.05. The van der Waals surface area contributed by atoms with Gasteiger partial charge < -0.3 is 9.30 Å². The van der Waals surface area contributed by atoms with Crippen LogP contribution in [-0.4, -0.2) is 27.0 Å². The Balaban J connectivity index is 1.99. The molecule has 5 nitrogen and oxygen atoms in total. The first-order valence-electron chi connectivity index (χ1n) is 7.89. The molecule has 0 amide bonds. The minimum atomic E-state index is -0.389. The van der Waals surface area contributed by atoms with E-state index >= 15 is 0 Å². The summed E-state index contributed by atoms with van der Waals surface area (Å²) in [7, 11) is 1.38. The SMILES string of the molecule is COC(=O)c1c(C)nc2n(Cc3ccc(Cl)cc3)c3ccccc3n12. The number of carbonyl (C=O) groups is 1. The van der Waals surface area contributed by atoms with Crippen LogP contribution >= 0.6 is 11.6 Å².